The minimum atomic E-state index is -4.86. The standard InChI is InChI=1S/C41H44F3N9O5S.3H2/c1-40(2)38(57)52(29-21-31(41(42,43)44)33(22-45)46-23-29)39(59)53(40)28-9-11-34(30(20-28)25-5-3-6-25)58-18-17-50-13-15-51(16-14-50)24-36(55)48-27-8-4-7-26(19-27)47-32-10-12-35(54)49-37(32)56;;;/h4,7-9,11,19-21,23,25,32,47H,3,5-6,10,12-18,24H2,1-2H3,(H,48,55)(H,49,54,56);3*1H. The molecule has 4 heterocycles. The Morgan fingerprint density at radius 2 is 1.76 bits per heavy atom. The molecule has 59 heavy (non-hydrogen) atoms. The van der Waals surface area contributed by atoms with Crippen LogP contribution < -0.4 is 30.5 Å². The molecule has 4 amide bonds. The molecule has 18 heteroatoms. The number of nitrogens with zero attached hydrogens (tertiary/aromatic N) is 6. The maximum absolute atomic E-state index is 13.8. The minimum Gasteiger partial charge on any atom is -0.492 e. The first-order valence-corrected chi connectivity index (χ1v) is 19.9. The van der Waals surface area contributed by atoms with Gasteiger partial charge in [0.1, 0.15) is 30.0 Å². The molecule has 7 rings (SSSR count). The number of anilines is 4. The number of thiocarbonyl (C=S) groups is 1. The summed E-state index contributed by atoms with van der Waals surface area (Å²) in [4.78, 5) is 61.0. The number of carbonyl (C=O) groups is 4. The summed E-state index contributed by atoms with van der Waals surface area (Å²) in [6, 6.07) is 14.4. The van der Waals surface area contributed by atoms with E-state index in [4.69, 9.17) is 17.0 Å². The van der Waals surface area contributed by atoms with E-state index in [0.717, 1.165) is 60.8 Å². The van der Waals surface area contributed by atoms with Gasteiger partial charge in [-0.2, -0.15) is 18.4 Å². The lowest BCUT2D eigenvalue weighted by molar-refractivity contribution is -0.138. The number of rotatable bonds is 12. The number of amides is 4. The number of halogens is 3. The summed E-state index contributed by atoms with van der Waals surface area (Å²) in [6.45, 7) is 7.55. The zero-order valence-corrected chi connectivity index (χ0v) is 33.4. The van der Waals surface area contributed by atoms with Crippen molar-refractivity contribution < 1.29 is 41.4 Å². The van der Waals surface area contributed by atoms with Crippen molar-refractivity contribution in [3.8, 4) is 11.8 Å². The number of imide groups is 1. The van der Waals surface area contributed by atoms with Crippen molar-refractivity contribution >= 4 is 63.7 Å². The first-order chi connectivity index (χ1) is 28.1. The molecule has 1 aromatic heterocycles. The summed E-state index contributed by atoms with van der Waals surface area (Å²) in [5.41, 5.74) is -0.596. The van der Waals surface area contributed by atoms with E-state index in [2.05, 4.69) is 30.7 Å². The predicted octanol–water partition coefficient (Wildman–Crippen LogP) is 5.75. The Hall–Kier alpha value is -5.64. The monoisotopic (exact) mass is 837 g/mol. The molecule has 0 radical (unpaired) electrons. The van der Waals surface area contributed by atoms with Crippen LogP contribution in [0.3, 0.4) is 0 Å². The molecule has 4 fully saturated rings. The van der Waals surface area contributed by atoms with Crippen molar-refractivity contribution in [2.45, 2.75) is 69.6 Å². The second kappa shape index (κ2) is 16.9. The number of piperazine rings is 1. The molecule has 2 aromatic carbocycles. The highest BCUT2D eigenvalue weighted by molar-refractivity contribution is 7.81. The summed E-state index contributed by atoms with van der Waals surface area (Å²) >= 11 is 5.75. The Morgan fingerprint density at radius 1 is 1.03 bits per heavy atom. The van der Waals surface area contributed by atoms with E-state index >= 15 is 0 Å². The van der Waals surface area contributed by atoms with E-state index in [1.807, 2.05) is 12.1 Å². The van der Waals surface area contributed by atoms with Gasteiger partial charge in [-0.15, -0.1) is 0 Å². The molecular weight excluding hydrogens is 788 g/mol. The molecule has 0 bridgehead atoms. The summed E-state index contributed by atoms with van der Waals surface area (Å²) in [5.74, 6) is -0.360. The first-order valence-electron chi connectivity index (χ1n) is 19.5. The van der Waals surface area contributed by atoms with Crippen LogP contribution in [0.4, 0.5) is 35.9 Å². The lowest BCUT2D eigenvalue weighted by Gasteiger charge is -2.34. The van der Waals surface area contributed by atoms with Crippen molar-refractivity contribution in [3.63, 3.8) is 0 Å². The van der Waals surface area contributed by atoms with Gasteiger partial charge in [-0.1, -0.05) is 12.5 Å². The van der Waals surface area contributed by atoms with Crippen LogP contribution in [0.2, 0.25) is 0 Å². The average molecular weight is 838 g/mol. The van der Waals surface area contributed by atoms with E-state index in [1.54, 1.807) is 49.1 Å². The number of nitrogens with one attached hydrogen (secondary N) is 3. The van der Waals surface area contributed by atoms with E-state index in [0.29, 0.717) is 49.7 Å². The largest absolute Gasteiger partial charge is 0.492 e. The normalized spacial score (nSPS) is 20.2. The zero-order valence-electron chi connectivity index (χ0n) is 32.6. The molecular formula is C41H50F3N9O5S. The number of aromatic nitrogens is 1. The highest BCUT2D eigenvalue weighted by atomic mass is 32.1. The van der Waals surface area contributed by atoms with Gasteiger partial charge in [-0.25, -0.2) is 4.98 Å². The molecule has 1 saturated carbocycles. The van der Waals surface area contributed by atoms with Crippen LogP contribution in [-0.2, 0) is 25.4 Å². The van der Waals surface area contributed by atoms with Gasteiger partial charge in [0.25, 0.3) is 5.91 Å². The van der Waals surface area contributed by atoms with Crippen LogP contribution >= 0.6 is 12.2 Å². The number of ether oxygens (including phenoxy) is 1. The third kappa shape index (κ3) is 9.02. The number of pyridine rings is 1. The van der Waals surface area contributed by atoms with Crippen LogP contribution in [-0.4, -0.2) is 101 Å². The maximum Gasteiger partial charge on any atom is 0.419 e. The van der Waals surface area contributed by atoms with Crippen LogP contribution in [0.25, 0.3) is 0 Å². The van der Waals surface area contributed by atoms with E-state index in [9.17, 15) is 37.6 Å². The van der Waals surface area contributed by atoms with Gasteiger partial charge in [0.15, 0.2) is 10.8 Å². The molecule has 1 unspecified atom stereocenters. The number of benzene rings is 2. The van der Waals surface area contributed by atoms with Crippen LogP contribution in [0.5, 0.6) is 5.75 Å². The lowest BCUT2D eigenvalue weighted by atomic mass is 9.79. The van der Waals surface area contributed by atoms with Crippen molar-refractivity contribution in [2.75, 3.05) is 66.3 Å². The Balaban J connectivity index is 0.00000282. The van der Waals surface area contributed by atoms with Crippen molar-refractivity contribution in [1.29, 1.82) is 5.26 Å². The van der Waals surface area contributed by atoms with Crippen LogP contribution in [0, 0.1) is 11.3 Å². The van der Waals surface area contributed by atoms with E-state index in [1.165, 1.54) is 6.07 Å². The SMILES string of the molecule is CC1(C)C(=O)N(c2cnc(C#N)c(C(F)(F)F)c2)C(=S)N1c1ccc(OCCN2CCN(CC(=O)Nc3cccc(NC4CCC(=O)NC4=O)c3)CC2)c(C2CCC2)c1.[HH].[HH].[HH]. The van der Waals surface area contributed by atoms with Crippen LogP contribution in [0.15, 0.2) is 54.7 Å². The number of nitriles is 1. The van der Waals surface area contributed by atoms with Crippen molar-refractivity contribution in [3.05, 3.63) is 71.5 Å². The highest BCUT2D eigenvalue weighted by Crippen LogP contribution is 2.45. The predicted molar refractivity (Wildman–Crippen MR) is 223 cm³/mol. The van der Waals surface area contributed by atoms with Gasteiger partial charge < -0.3 is 20.3 Å². The van der Waals surface area contributed by atoms with Gasteiger partial charge in [-0.3, -0.25) is 39.2 Å². The molecule has 0 spiro atoms. The number of hydrogen-bond acceptors (Lipinski definition) is 11. The van der Waals surface area contributed by atoms with Gasteiger partial charge in [0.05, 0.1) is 24.0 Å². The number of hydrogen-bond donors (Lipinski definition) is 3. The first kappa shape index (κ1) is 41.5. The van der Waals surface area contributed by atoms with Gasteiger partial charge in [-0.05, 0) is 99.3 Å². The Kier molecular flexibility index (Phi) is 11.9. The third-order valence-corrected chi connectivity index (χ3v) is 11.6. The average Bonchev–Trinajstić information content (AvgIpc) is 3.34. The molecule has 4 aliphatic rings. The van der Waals surface area contributed by atoms with Crippen molar-refractivity contribution in [1.82, 2.24) is 20.1 Å². The minimum absolute atomic E-state index is 0. The maximum atomic E-state index is 13.8. The summed E-state index contributed by atoms with van der Waals surface area (Å²) in [7, 11) is 0. The Morgan fingerprint density at radius 3 is 2.44 bits per heavy atom. The zero-order chi connectivity index (χ0) is 42.1. The fraction of sp³-hybridized carbons (Fsp3) is 0.439. The smallest absolute Gasteiger partial charge is 0.419 e. The van der Waals surface area contributed by atoms with Gasteiger partial charge in [0, 0.05) is 60.5 Å². The Labute approximate surface area is 349 Å². The second-order valence-electron chi connectivity index (χ2n) is 15.6. The lowest BCUT2D eigenvalue weighted by Crippen LogP contribution is -2.49. The molecule has 1 atom stereocenters. The van der Waals surface area contributed by atoms with Gasteiger partial charge in [0.2, 0.25) is 17.7 Å². The quantitative estimate of drug-likeness (QED) is 0.150. The van der Waals surface area contributed by atoms with E-state index in [-0.39, 0.29) is 51.7 Å². The topological polar surface area (TPSA) is 163 Å². The van der Waals surface area contributed by atoms with Crippen molar-refractivity contribution in [2.24, 2.45) is 0 Å². The molecule has 3 saturated heterocycles. The summed E-state index contributed by atoms with van der Waals surface area (Å²) < 4.78 is 47.7. The molecule has 14 nitrogen and oxygen atoms in total. The molecule has 316 valence electrons. The number of carbonyl (C=O) groups excluding carboxylic acids is 4. The summed E-state index contributed by atoms with van der Waals surface area (Å²) in [5, 5.41) is 17.6. The summed E-state index contributed by atoms with van der Waals surface area (Å²) in [6.07, 6.45) is -0.132. The Bertz CT molecular complexity index is 2220. The van der Waals surface area contributed by atoms with E-state index < -0.39 is 34.9 Å². The number of piperidine rings is 1. The molecule has 1 aliphatic carbocycles. The fourth-order valence-corrected chi connectivity index (χ4v) is 8.28. The third-order valence-electron chi connectivity index (χ3n) is 11.2. The molecule has 3 aromatic rings. The fourth-order valence-electron chi connectivity index (χ4n) is 7.76. The molecule has 3 aliphatic heterocycles. The second-order valence-corrected chi connectivity index (χ2v) is 16.0. The number of alkyl halides is 3. The molecule has 3 N–H and O–H groups in total. The van der Waals surface area contributed by atoms with Crippen LogP contribution in [0.1, 0.15) is 73.0 Å². The highest BCUT2D eigenvalue weighted by Gasteiger charge is 2.51. The van der Waals surface area contributed by atoms with Gasteiger partial charge >= 0.3 is 6.18 Å².